The van der Waals surface area contributed by atoms with E-state index in [0.29, 0.717) is 6.54 Å². The van der Waals surface area contributed by atoms with Crippen molar-refractivity contribution in [2.75, 3.05) is 18.0 Å². The first-order chi connectivity index (χ1) is 13.1. The van der Waals surface area contributed by atoms with E-state index >= 15 is 0 Å². The third-order valence-corrected chi connectivity index (χ3v) is 6.42. The Kier molecular flexibility index (Phi) is 5.03. The molecule has 4 rings (SSSR count). The normalized spacial score (nSPS) is 15.3. The molecule has 0 bridgehead atoms. The van der Waals surface area contributed by atoms with Crippen molar-refractivity contribution in [1.29, 1.82) is 0 Å². The summed E-state index contributed by atoms with van der Waals surface area (Å²) in [5.74, 6) is 1.20. The molecular formula is C20H23N5OS. The minimum atomic E-state index is 0.0561. The summed E-state index contributed by atoms with van der Waals surface area (Å²) >= 11 is 1.72. The fourth-order valence-electron chi connectivity index (χ4n) is 3.59. The Bertz CT molecular complexity index is 948. The van der Waals surface area contributed by atoms with Crippen LogP contribution in [0, 0.1) is 19.8 Å². The highest BCUT2D eigenvalue weighted by atomic mass is 32.1. The number of carbonyl (C=O) groups is 1. The summed E-state index contributed by atoms with van der Waals surface area (Å²) < 4.78 is 0. The van der Waals surface area contributed by atoms with Gasteiger partial charge in [0.1, 0.15) is 17.0 Å². The number of nitrogens with zero attached hydrogens (tertiary/aromatic N) is 4. The number of rotatable bonds is 4. The van der Waals surface area contributed by atoms with E-state index in [1.807, 2.05) is 12.1 Å². The standard InChI is InChI=1S/C20H23N5OS/c1-13-14(2)27-20-17(13)18(23-12-24-20)25-8-5-16(6-9-25)19(26)22-11-15-4-3-7-21-10-15/h3-4,7,10,12,16H,5-6,8-9,11H2,1-2H3,(H,22,26). The van der Waals surface area contributed by atoms with Gasteiger partial charge in [0.05, 0.1) is 5.39 Å². The van der Waals surface area contributed by atoms with E-state index in [1.54, 1.807) is 30.1 Å². The number of amides is 1. The summed E-state index contributed by atoms with van der Waals surface area (Å²) in [5, 5.41) is 4.21. The van der Waals surface area contributed by atoms with E-state index in [2.05, 4.69) is 39.0 Å². The lowest BCUT2D eigenvalue weighted by atomic mass is 9.95. The first kappa shape index (κ1) is 17.9. The number of fused-ring (bicyclic) bond motifs is 1. The van der Waals surface area contributed by atoms with Crippen LogP contribution in [0.3, 0.4) is 0 Å². The Morgan fingerprint density at radius 3 is 2.85 bits per heavy atom. The molecule has 1 aliphatic rings. The van der Waals surface area contributed by atoms with Crippen LogP contribution in [-0.4, -0.2) is 33.9 Å². The SMILES string of the molecule is Cc1sc2ncnc(N3CCC(C(=O)NCc4cccnc4)CC3)c2c1C. The lowest BCUT2D eigenvalue weighted by molar-refractivity contribution is -0.125. The third kappa shape index (κ3) is 3.64. The number of piperidine rings is 1. The van der Waals surface area contributed by atoms with Gasteiger partial charge in [0, 0.05) is 42.8 Å². The molecule has 0 saturated carbocycles. The maximum absolute atomic E-state index is 12.5. The van der Waals surface area contributed by atoms with Gasteiger partial charge in [0.25, 0.3) is 0 Å². The zero-order valence-electron chi connectivity index (χ0n) is 15.6. The molecule has 1 N–H and O–H groups in total. The van der Waals surface area contributed by atoms with Crippen molar-refractivity contribution in [1.82, 2.24) is 20.3 Å². The molecule has 0 radical (unpaired) electrons. The Labute approximate surface area is 162 Å². The Morgan fingerprint density at radius 2 is 2.11 bits per heavy atom. The second kappa shape index (κ2) is 7.60. The van der Waals surface area contributed by atoms with Crippen molar-refractivity contribution in [3.63, 3.8) is 0 Å². The molecule has 1 aliphatic heterocycles. The van der Waals surface area contributed by atoms with Crippen molar-refractivity contribution in [2.24, 2.45) is 5.92 Å². The van der Waals surface area contributed by atoms with Crippen LogP contribution in [0.25, 0.3) is 10.2 Å². The van der Waals surface area contributed by atoms with E-state index in [4.69, 9.17) is 0 Å². The molecule has 27 heavy (non-hydrogen) atoms. The Balaban J connectivity index is 1.40. The lowest BCUT2D eigenvalue weighted by Crippen LogP contribution is -2.40. The monoisotopic (exact) mass is 381 g/mol. The fraction of sp³-hybridized carbons (Fsp3) is 0.400. The van der Waals surface area contributed by atoms with E-state index in [-0.39, 0.29) is 11.8 Å². The zero-order chi connectivity index (χ0) is 18.8. The van der Waals surface area contributed by atoms with Gasteiger partial charge >= 0.3 is 0 Å². The van der Waals surface area contributed by atoms with E-state index in [0.717, 1.165) is 42.1 Å². The molecule has 0 aliphatic carbocycles. The minimum absolute atomic E-state index is 0.0561. The zero-order valence-corrected chi connectivity index (χ0v) is 16.4. The number of anilines is 1. The average Bonchev–Trinajstić information content (AvgIpc) is 3.01. The molecule has 0 aromatic carbocycles. The molecule has 1 fully saturated rings. The van der Waals surface area contributed by atoms with Crippen molar-refractivity contribution < 1.29 is 4.79 Å². The number of thiophene rings is 1. The molecule has 1 amide bonds. The molecule has 0 unspecified atom stereocenters. The number of aryl methyl sites for hydroxylation is 2. The van der Waals surface area contributed by atoms with Gasteiger partial charge in [-0.3, -0.25) is 9.78 Å². The van der Waals surface area contributed by atoms with Gasteiger partial charge in [-0.2, -0.15) is 0 Å². The van der Waals surface area contributed by atoms with Gasteiger partial charge in [0.2, 0.25) is 5.91 Å². The van der Waals surface area contributed by atoms with Crippen LogP contribution in [-0.2, 0) is 11.3 Å². The van der Waals surface area contributed by atoms with Crippen LogP contribution in [0.2, 0.25) is 0 Å². The maximum atomic E-state index is 12.5. The van der Waals surface area contributed by atoms with Crippen LogP contribution in [0.5, 0.6) is 0 Å². The highest BCUT2D eigenvalue weighted by Crippen LogP contribution is 2.35. The number of nitrogens with one attached hydrogen (secondary N) is 1. The van der Waals surface area contributed by atoms with Crippen LogP contribution in [0.1, 0.15) is 28.8 Å². The van der Waals surface area contributed by atoms with Gasteiger partial charge in [0.15, 0.2) is 0 Å². The summed E-state index contributed by atoms with van der Waals surface area (Å²) in [6, 6.07) is 3.86. The molecule has 7 heteroatoms. The van der Waals surface area contributed by atoms with Gasteiger partial charge in [-0.25, -0.2) is 9.97 Å². The number of carbonyl (C=O) groups excluding carboxylic acids is 1. The van der Waals surface area contributed by atoms with Gasteiger partial charge in [-0.05, 0) is 43.9 Å². The van der Waals surface area contributed by atoms with Crippen molar-refractivity contribution in [2.45, 2.75) is 33.2 Å². The largest absolute Gasteiger partial charge is 0.356 e. The van der Waals surface area contributed by atoms with Gasteiger partial charge in [-0.15, -0.1) is 11.3 Å². The number of hydrogen-bond acceptors (Lipinski definition) is 6. The van der Waals surface area contributed by atoms with Crippen molar-refractivity contribution in [3.8, 4) is 0 Å². The molecule has 1 saturated heterocycles. The fourth-order valence-corrected chi connectivity index (χ4v) is 4.58. The van der Waals surface area contributed by atoms with Crippen LogP contribution < -0.4 is 10.2 Å². The number of hydrogen-bond donors (Lipinski definition) is 1. The van der Waals surface area contributed by atoms with E-state index < -0.39 is 0 Å². The molecule has 3 aromatic rings. The molecule has 140 valence electrons. The Morgan fingerprint density at radius 1 is 1.30 bits per heavy atom. The summed E-state index contributed by atoms with van der Waals surface area (Å²) in [4.78, 5) is 30.2. The van der Waals surface area contributed by atoms with Crippen LogP contribution in [0.4, 0.5) is 5.82 Å². The average molecular weight is 382 g/mol. The molecule has 6 nitrogen and oxygen atoms in total. The topological polar surface area (TPSA) is 71.0 Å². The second-order valence-electron chi connectivity index (χ2n) is 7.00. The second-order valence-corrected chi connectivity index (χ2v) is 8.20. The van der Waals surface area contributed by atoms with Crippen LogP contribution >= 0.6 is 11.3 Å². The van der Waals surface area contributed by atoms with Crippen molar-refractivity contribution in [3.05, 3.63) is 46.9 Å². The van der Waals surface area contributed by atoms with Gasteiger partial charge < -0.3 is 10.2 Å². The summed E-state index contributed by atoms with van der Waals surface area (Å²) in [6.07, 6.45) is 6.86. The number of pyridine rings is 1. The summed E-state index contributed by atoms with van der Waals surface area (Å²) in [5.41, 5.74) is 2.29. The Hall–Kier alpha value is -2.54. The van der Waals surface area contributed by atoms with E-state index in [1.165, 1.54) is 15.8 Å². The highest BCUT2D eigenvalue weighted by Gasteiger charge is 2.27. The third-order valence-electron chi connectivity index (χ3n) is 5.30. The van der Waals surface area contributed by atoms with Crippen molar-refractivity contribution >= 4 is 33.3 Å². The molecule has 0 atom stereocenters. The summed E-state index contributed by atoms with van der Waals surface area (Å²) in [7, 11) is 0. The quantitative estimate of drug-likeness (QED) is 0.751. The maximum Gasteiger partial charge on any atom is 0.223 e. The highest BCUT2D eigenvalue weighted by molar-refractivity contribution is 7.18. The van der Waals surface area contributed by atoms with Crippen LogP contribution in [0.15, 0.2) is 30.9 Å². The first-order valence-corrected chi connectivity index (χ1v) is 10.1. The molecule has 4 heterocycles. The predicted molar refractivity (Wildman–Crippen MR) is 108 cm³/mol. The number of aromatic nitrogens is 3. The predicted octanol–water partition coefficient (Wildman–Crippen LogP) is 3.24. The lowest BCUT2D eigenvalue weighted by Gasteiger charge is -2.32. The molecule has 3 aromatic heterocycles. The first-order valence-electron chi connectivity index (χ1n) is 9.25. The summed E-state index contributed by atoms with van der Waals surface area (Å²) in [6.45, 7) is 6.48. The molecular weight excluding hydrogens is 358 g/mol. The molecule has 0 spiro atoms. The van der Waals surface area contributed by atoms with Gasteiger partial charge in [-0.1, -0.05) is 6.07 Å². The van der Waals surface area contributed by atoms with E-state index in [9.17, 15) is 4.79 Å². The smallest absolute Gasteiger partial charge is 0.223 e. The minimum Gasteiger partial charge on any atom is -0.356 e.